The highest BCUT2D eigenvalue weighted by Crippen LogP contribution is 1.84. The summed E-state index contributed by atoms with van der Waals surface area (Å²) in [5, 5.41) is 12.4. The highest BCUT2D eigenvalue weighted by Gasteiger charge is 1.81. The molecule has 0 unspecified atom stereocenters. The van der Waals surface area contributed by atoms with Crippen LogP contribution in [0.3, 0.4) is 0 Å². The summed E-state index contributed by atoms with van der Waals surface area (Å²) in [6, 6.07) is 0. The molecule has 0 saturated carbocycles. The molecule has 0 spiro atoms. The minimum atomic E-state index is 1.14. The lowest BCUT2D eigenvalue weighted by Crippen LogP contribution is -1.96. The lowest BCUT2D eigenvalue weighted by Gasteiger charge is -1.78. The Morgan fingerprint density at radius 1 is 1.75 bits per heavy atom. The molecule has 8 heavy (non-hydrogen) atoms. The molecule has 1 rings (SSSR count). The minimum absolute atomic E-state index is 1.14. The maximum atomic E-state index is 7.08. The van der Waals surface area contributed by atoms with Crippen LogP contribution in [-0.2, 0) is 0 Å². The number of hydrogen-bond donors (Lipinski definition) is 2. The second kappa shape index (κ2) is 6.01. The van der Waals surface area contributed by atoms with Crippen LogP contribution in [-0.4, -0.2) is 18.5 Å². The second-order valence-electron chi connectivity index (χ2n) is 1.29. The zero-order valence-corrected chi connectivity index (χ0v) is 4.67. The van der Waals surface area contributed by atoms with E-state index in [4.69, 9.17) is 5.21 Å². The van der Waals surface area contributed by atoms with Crippen LogP contribution in [0.1, 0.15) is 6.42 Å². The first kappa shape index (κ1) is 7.01. The summed E-state index contributed by atoms with van der Waals surface area (Å²) in [6.07, 6.45) is 5.32. The van der Waals surface area contributed by atoms with Crippen LogP contribution < -0.4 is 5.32 Å². The van der Waals surface area contributed by atoms with Gasteiger partial charge in [0.15, 0.2) is 0 Å². The van der Waals surface area contributed by atoms with Crippen molar-refractivity contribution in [3.05, 3.63) is 12.3 Å². The van der Waals surface area contributed by atoms with Crippen molar-refractivity contribution in [3.63, 3.8) is 0 Å². The van der Waals surface area contributed by atoms with Gasteiger partial charge in [-0.05, 0) is 12.6 Å². The van der Waals surface area contributed by atoms with Crippen LogP contribution in [0.5, 0.6) is 0 Å². The van der Waals surface area contributed by atoms with Gasteiger partial charge in [-0.15, -0.1) is 5.16 Å². The molecule has 0 atom stereocenters. The Morgan fingerprint density at radius 2 is 2.38 bits per heavy atom. The molecule has 46 valence electrons. The molecule has 1 aliphatic rings. The lowest BCUT2D eigenvalue weighted by atomic mass is 10.5. The molecule has 0 saturated heterocycles. The molecule has 0 aromatic heterocycles. The standard InChI is InChI=1S/C4H7N.CH3NO/c1-2-4-5-3-1;1-2-3/h1,3,5H,2,4H2;3H,1H2. The molecule has 0 radical (unpaired) electrons. The van der Waals surface area contributed by atoms with Gasteiger partial charge in [-0.2, -0.15) is 0 Å². The van der Waals surface area contributed by atoms with Gasteiger partial charge >= 0.3 is 0 Å². The normalized spacial score (nSPS) is 13.5. The smallest absolute Gasteiger partial charge is 0.0298 e. The molecule has 0 aliphatic carbocycles. The van der Waals surface area contributed by atoms with Crippen molar-refractivity contribution in [3.8, 4) is 0 Å². The summed E-state index contributed by atoms with van der Waals surface area (Å²) in [5.74, 6) is 0. The van der Waals surface area contributed by atoms with E-state index in [9.17, 15) is 0 Å². The molecule has 0 aromatic rings. The van der Waals surface area contributed by atoms with E-state index >= 15 is 0 Å². The van der Waals surface area contributed by atoms with Crippen molar-refractivity contribution in [2.75, 3.05) is 6.54 Å². The van der Waals surface area contributed by atoms with Crippen molar-refractivity contribution in [1.29, 1.82) is 0 Å². The highest BCUT2D eigenvalue weighted by molar-refractivity contribution is 5.20. The zero-order chi connectivity index (χ0) is 6.24. The van der Waals surface area contributed by atoms with E-state index in [0.717, 1.165) is 6.54 Å². The van der Waals surface area contributed by atoms with Gasteiger partial charge in [-0.3, -0.25) is 0 Å². The van der Waals surface area contributed by atoms with Crippen LogP contribution in [0.15, 0.2) is 17.4 Å². The summed E-state index contributed by atoms with van der Waals surface area (Å²) in [6.45, 7) is 3.81. The number of nitrogens with zero attached hydrogens (tertiary/aromatic N) is 1. The van der Waals surface area contributed by atoms with E-state index in [0.29, 0.717) is 0 Å². The first-order chi connectivity index (χ1) is 3.91. The third kappa shape index (κ3) is 5.01. The second-order valence-corrected chi connectivity index (χ2v) is 1.29. The Kier molecular flexibility index (Phi) is 5.27. The summed E-state index contributed by atoms with van der Waals surface area (Å²) in [7, 11) is 0. The van der Waals surface area contributed by atoms with E-state index < -0.39 is 0 Å². The average molecular weight is 114 g/mol. The van der Waals surface area contributed by atoms with Crippen molar-refractivity contribution in [2.45, 2.75) is 6.42 Å². The van der Waals surface area contributed by atoms with Crippen LogP contribution >= 0.6 is 0 Å². The van der Waals surface area contributed by atoms with Gasteiger partial charge in [0.25, 0.3) is 0 Å². The van der Waals surface area contributed by atoms with Crippen molar-refractivity contribution in [2.24, 2.45) is 5.16 Å². The first-order valence-electron chi connectivity index (χ1n) is 2.40. The fraction of sp³-hybridized carbons (Fsp3) is 0.400. The van der Waals surface area contributed by atoms with E-state index in [1.165, 1.54) is 6.42 Å². The molecule has 3 heteroatoms. The largest absolute Gasteiger partial charge is 0.411 e. The third-order valence-electron chi connectivity index (χ3n) is 0.691. The van der Waals surface area contributed by atoms with Crippen LogP contribution in [0.4, 0.5) is 0 Å². The Labute approximate surface area is 48.7 Å². The Morgan fingerprint density at radius 3 is 2.50 bits per heavy atom. The monoisotopic (exact) mass is 114 g/mol. The molecular formula is C5H10N2O. The number of oxime groups is 1. The SMILES string of the molecule is C1=CNCC1.C=NO. The zero-order valence-electron chi connectivity index (χ0n) is 4.67. The van der Waals surface area contributed by atoms with Gasteiger partial charge < -0.3 is 10.5 Å². The molecular weight excluding hydrogens is 104 g/mol. The van der Waals surface area contributed by atoms with Crippen LogP contribution in [0, 0.1) is 0 Å². The summed E-state index contributed by atoms with van der Waals surface area (Å²) in [5.41, 5.74) is 0. The maximum Gasteiger partial charge on any atom is 0.0298 e. The quantitative estimate of drug-likeness (QED) is 0.275. The highest BCUT2D eigenvalue weighted by atomic mass is 16.4. The van der Waals surface area contributed by atoms with Gasteiger partial charge in [0, 0.05) is 13.3 Å². The van der Waals surface area contributed by atoms with E-state index in [2.05, 4.69) is 23.3 Å². The van der Waals surface area contributed by atoms with Crippen LogP contribution in [0.25, 0.3) is 0 Å². The van der Waals surface area contributed by atoms with Crippen molar-refractivity contribution in [1.82, 2.24) is 5.32 Å². The molecule has 1 aliphatic heterocycles. The van der Waals surface area contributed by atoms with Gasteiger partial charge in [-0.1, -0.05) is 6.08 Å². The minimum Gasteiger partial charge on any atom is -0.411 e. The van der Waals surface area contributed by atoms with Gasteiger partial charge in [0.2, 0.25) is 0 Å². The Hall–Kier alpha value is -0.990. The topological polar surface area (TPSA) is 44.6 Å². The van der Waals surface area contributed by atoms with Gasteiger partial charge in [0.05, 0.1) is 0 Å². The molecule has 1 heterocycles. The number of rotatable bonds is 0. The van der Waals surface area contributed by atoms with E-state index in [1.54, 1.807) is 0 Å². The predicted octanol–water partition coefficient (Wildman–Crippen LogP) is 0.570. The van der Waals surface area contributed by atoms with E-state index in [-0.39, 0.29) is 0 Å². The fourth-order valence-corrected chi connectivity index (χ4v) is 0.417. The Bertz CT molecular complexity index is 74.5. The first-order valence-corrected chi connectivity index (χ1v) is 2.40. The third-order valence-corrected chi connectivity index (χ3v) is 0.691. The number of hydrogen-bond acceptors (Lipinski definition) is 3. The van der Waals surface area contributed by atoms with Crippen molar-refractivity contribution >= 4 is 6.72 Å². The molecule has 0 bridgehead atoms. The maximum absolute atomic E-state index is 7.08. The molecule has 0 amide bonds. The van der Waals surface area contributed by atoms with Crippen LogP contribution in [0.2, 0.25) is 0 Å². The molecule has 0 aromatic carbocycles. The molecule has 0 fully saturated rings. The van der Waals surface area contributed by atoms with Crippen molar-refractivity contribution < 1.29 is 5.21 Å². The fourth-order valence-electron chi connectivity index (χ4n) is 0.417. The van der Waals surface area contributed by atoms with Gasteiger partial charge in [0.1, 0.15) is 0 Å². The lowest BCUT2D eigenvalue weighted by molar-refractivity contribution is 0.323. The molecule has 2 N–H and O–H groups in total. The molecule has 3 nitrogen and oxygen atoms in total. The summed E-state index contributed by atoms with van der Waals surface area (Å²) in [4.78, 5) is 0. The average Bonchev–Trinajstić information content (AvgIpc) is 2.17. The summed E-state index contributed by atoms with van der Waals surface area (Å²) < 4.78 is 0. The number of nitrogens with one attached hydrogen (secondary N) is 1. The summed E-state index contributed by atoms with van der Waals surface area (Å²) >= 11 is 0. The van der Waals surface area contributed by atoms with E-state index in [1.807, 2.05) is 6.20 Å². The Balaban J connectivity index is 0.000000145. The van der Waals surface area contributed by atoms with Gasteiger partial charge in [-0.25, -0.2) is 0 Å². The predicted molar refractivity (Wildman–Crippen MR) is 33.1 cm³/mol.